The molecule has 0 radical (unpaired) electrons. The molecule has 0 bridgehead atoms. The summed E-state index contributed by atoms with van der Waals surface area (Å²) >= 11 is 0. The van der Waals surface area contributed by atoms with Crippen LogP contribution in [0.2, 0.25) is 0 Å². The van der Waals surface area contributed by atoms with Crippen LogP contribution in [0.5, 0.6) is 5.75 Å². The van der Waals surface area contributed by atoms with E-state index < -0.39 is 5.84 Å². The fourth-order valence-corrected chi connectivity index (χ4v) is 1.23. The van der Waals surface area contributed by atoms with Crippen LogP contribution in [0.15, 0.2) is 23.3 Å². The van der Waals surface area contributed by atoms with Crippen molar-refractivity contribution in [1.29, 1.82) is 15.9 Å². The Balaban J connectivity index is 2.96. The summed E-state index contributed by atoms with van der Waals surface area (Å²) < 4.78 is 5.28. The topological polar surface area (TPSA) is 131 Å². The smallest absolute Gasteiger partial charge is 0.201 e. The van der Waals surface area contributed by atoms with E-state index in [0.717, 1.165) is 0 Å². The Morgan fingerprint density at radius 3 is 2.79 bits per heavy atom. The molecule has 0 unspecified atom stereocenters. The fraction of sp³-hybridized carbons (Fsp3) is 0.167. The zero-order chi connectivity index (χ0) is 14.3. The minimum atomic E-state index is -0.429. The Kier molecular flexibility index (Phi) is 4.88. The predicted molar refractivity (Wildman–Crippen MR) is 70.9 cm³/mol. The van der Waals surface area contributed by atoms with E-state index in [1.165, 1.54) is 6.07 Å². The van der Waals surface area contributed by atoms with Gasteiger partial charge in [0.25, 0.3) is 0 Å². The Bertz CT molecular complexity index is 593. The van der Waals surface area contributed by atoms with Crippen molar-refractivity contribution in [3.05, 3.63) is 23.8 Å². The number of nitrogens with two attached hydrogens (primary N) is 1. The molecule has 0 aliphatic heterocycles. The minimum Gasteiger partial charge on any atom is -0.492 e. The second-order valence-corrected chi connectivity index (χ2v) is 3.35. The van der Waals surface area contributed by atoms with Gasteiger partial charge in [-0.15, -0.1) is 0 Å². The summed E-state index contributed by atoms with van der Waals surface area (Å²) in [5, 5.41) is 28.4. The van der Waals surface area contributed by atoms with Gasteiger partial charge in [-0.05, 0) is 25.1 Å². The van der Waals surface area contributed by atoms with Gasteiger partial charge >= 0.3 is 0 Å². The first-order valence-electron chi connectivity index (χ1n) is 5.37. The highest BCUT2D eigenvalue weighted by Gasteiger charge is 2.05. The Morgan fingerprint density at radius 1 is 1.53 bits per heavy atom. The van der Waals surface area contributed by atoms with E-state index in [1.54, 1.807) is 18.2 Å². The van der Waals surface area contributed by atoms with Crippen LogP contribution in [-0.4, -0.2) is 18.2 Å². The SMILES string of the molecule is CCOc1ccc(N/N=C(\C#N)C(=N)N)cc1C#N. The van der Waals surface area contributed by atoms with Crippen molar-refractivity contribution in [3.8, 4) is 17.9 Å². The van der Waals surface area contributed by atoms with Gasteiger partial charge in [0.2, 0.25) is 5.71 Å². The average Bonchev–Trinajstić information content (AvgIpc) is 2.40. The van der Waals surface area contributed by atoms with Crippen molar-refractivity contribution < 1.29 is 4.74 Å². The molecular formula is C12H12N6O. The fourth-order valence-electron chi connectivity index (χ4n) is 1.23. The van der Waals surface area contributed by atoms with Crippen molar-refractivity contribution >= 4 is 17.2 Å². The van der Waals surface area contributed by atoms with Gasteiger partial charge in [-0.2, -0.15) is 15.6 Å². The third-order valence-corrected chi connectivity index (χ3v) is 2.06. The maximum Gasteiger partial charge on any atom is 0.201 e. The molecular weight excluding hydrogens is 244 g/mol. The lowest BCUT2D eigenvalue weighted by molar-refractivity contribution is 0.339. The van der Waals surface area contributed by atoms with E-state index in [1.807, 2.05) is 13.0 Å². The van der Waals surface area contributed by atoms with Gasteiger partial charge in [0.05, 0.1) is 17.9 Å². The van der Waals surface area contributed by atoms with Gasteiger partial charge in [-0.25, -0.2) is 0 Å². The van der Waals surface area contributed by atoms with Gasteiger partial charge in [0.15, 0.2) is 5.84 Å². The van der Waals surface area contributed by atoms with E-state index >= 15 is 0 Å². The van der Waals surface area contributed by atoms with Crippen LogP contribution in [0.1, 0.15) is 12.5 Å². The van der Waals surface area contributed by atoms with Crippen LogP contribution in [-0.2, 0) is 0 Å². The van der Waals surface area contributed by atoms with Crippen LogP contribution in [0.3, 0.4) is 0 Å². The molecule has 0 spiro atoms. The van der Waals surface area contributed by atoms with Gasteiger partial charge < -0.3 is 10.5 Å². The van der Waals surface area contributed by atoms with Gasteiger partial charge in [0, 0.05) is 0 Å². The average molecular weight is 256 g/mol. The summed E-state index contributed by atoms with van der Waals surface area (Å²) in [7, 11) is 0. The molecule has 4 N–H and O–H groups in total. The first kappa shape index (κ1) is 14.0. The lowest BCUT2D eigenvalue weighted by Gasteiger charge is -2.07. The van der Waals surface area contributed by atoms with Gasteiger partial charge in [-0.3, -0.25) is 10.8 Å². The monoisotopic (exact) mass is 256 g/mol. The lowest BCUT2D eigenvalue weighted by atomic mass is 10.2. The van der Waals surface area contributed by atoms with Crippen molar-refractivity contribution in [2.24, 2.45) is 10.8 Å². The number of rotatable bonds is 5. The van der Waals surface area contributed by atoms with Crippen molar-refractivity contribution in [2.45, 2.75) is 6.92 Å². The highest BCUT2D eigenvalue weighted by molar-refractivity contribution is 6.45. The number of ether oxygens (including phenoxy) is 1. The standard InChI is InChI=1S/C12H12N6O/c1-2-19-11-4-3-9(5-8(11)6-13)17-18-10(7-14)12(15)16/h3-5,17H,2H2,1H3,(H3,15,16)/b18-10+. The normalized spacial score (nSPS) is 10.2. The molecule has 7 nitrogen and oxygen atoms in total. The molecule has 1 aromatic carbocycles. The zero-order valence-electron chi connectivity index (χ0n) is 10.3. The molecule has 0 aliphatic carbocycles. The zero-order valence-corrected chi connectivity index (χ0v) is 10.3. The summed E-state index contributed by atoms with van der Waals surface area (Å²) in [5.41, 5.74) is 8.32. The van der Waals surface area contributed by atoms with E-state index in [4.69, 9.17) is 26.4 Å². The molecule has 0 fully saturated rings. The number of nitriles is 2. The number of hydrogen-bond donors (Lipinski definition) is 3. The quantitative estimate of drug-likeness (QED) is 0.413. The van der Waals surface area contributed by atoms with Crippen molar-refractivity contribution in [1.82, 2.24) is 0 Å². The summed E-state index contributed by atoms with van der Waals surface area (Å²) in [6, 6.07) is 8.48. The van der Waals surface area contributed by atoms with E-state index in [9.17, 15) is 0 Å². The lowest BCUT2D eigenvalue weighted by Crippen LogP contribution is -2.21. The summed E-state index contributed by atoms with van der Waals surface area (Å²) in [6.07, 6.45) is 0. The second kappa shape index (κ2) is 6.62. The van der Waals surface area contributed by atoms with E-state index in [-0.39, 0.29) is 5.71 Å². The molecule has 0 saturated carbocycles. The first-order valence-corrected chi connectivity index (χ1v) is 5.37. The van der Waals surface area contributed by atoms with Gasteiger partial charge in [0.1, 0.15) is 17.9 Å². The van der Waals surface area contributed by atoms with Gasteiger partial charge in [-0.1, -0.05) is 0 Å². The molecule has 0 heterocycles. The van der Waals surface area contributed by atoms with Crippen LogP contribution < -0.4 is 15.9 Å². The minimum absolute atomic E-state index is 0.229. The highest BCUT2D eigenvalue weighted by Crippen LogP contribution is 2.22. The second-order valence-electron chi connectivity index (χ2n) is 3.35. The maximum absolute atomic E-state index is 8.98. The maximum atomic E-state index is 8.98. The van der Waals surface area contributed by atoms with E-state index in [2.05, 4.69) is 10.5 Å². The van der Waals surface area contributed by atoms with Crippen molar-refractivity contribution in [3.63, 3.8) is 0 Å². The molecule has 0 atom stereocenters. The summed E-state index contributed by atoms with van der Waals surface area (Å²) in [4.78, 5) is 0. The van der Waals surface area contributed by atoms with Crippen LogP contribution in [0.25, 0.3) is 0 Å². The van der Waals surface area contributed by atoms with Crippen LogP contribution in [0.4, 0.5) is 5.69 Å². The predicted octanol–water partition coefficient (Wildman–Crippen LogP) is 1.18. The number of hydrazone groups is 1. The molecule has 1 rings (SSSR count). The molecule has 96 valence electrons. The molecule has 0 aliphatic rings. The Labute approximate surface area is 110 Å². The summed E-state index contributed by atoms with van der Waals surface area (Å²) in [6.45, 7) is 2.28. The molecule has 19 heavy (non-hydrogen) atoms. The first-order chi connectivity index (χ1) is 9.12. The van der Waals surface area contributed by atoms with E-state index in [0.29, 0.717) is 23.6 Å². The third-order valence-electron chi connectivity index (χ3n) is 2.06. The number of amidine groups is 1. The molecule has 0 saturated heterocycles. The van der Waals surface area contributed by atoms with Crippen molar-refractivity contribution in [2.75, 3.05) is 12.0 Å². The number of benzene rings is 1. The molecule has 0 amide bonds. The molecule has 1 aromatic rings. The third kappa shape index (κ3) is 3.72. The van der Waals surface area contributed by atoms with Crippen LogP contribution >= 0.6 is 0 Å². The summed E-state index contributed by atoms with van der Waals surface area (Å²) in [5.74, 6) is 0.0491. The highest BCUT2D eigenvalue weighted by atomic mass is 16.5. The molecule has 0 aromatic heterocycles. The number of nitrogens with zero attached hydrogens (tertiary/aromatic N) is 3. The largest absolute Gasteiger partial charge is 0.492 e. The number of anilines is 1. The number of nitrogens with one attached hydrogen (secondary N) is 2. The Morgan fingerprint density at radius 2 is 2.26 bits per heavy atom. The molecule has 7 heteroatoms. The number of hydrogen-bond acceptors (Lipinski definition) is 6. The Hall–Kier alpha value is -3.06. The van der Waals surface area contributed by atoms with Crippen LogP contribution in [0, 0.1) is 28.1 Å².